The molecule has 33 heavy (non-hydrogen) atoms. The van der Waals surface area contributed by atoms with Crippen molar-refractivity contribution in [1.82, 2.24) is 14.8 Å². The molecule has 1 aromatic heterocycles. The number of piperidine rings is 1. The molecule has 0 bridgehead atoms. The zero-order chi connectivity index (χ0) is 23.4. The SMILES string of the molecule is CC(C)c1nc(C(=O)N2CCOC3(CCN(Cc4ccc(F)c(CCN=N)c4)CC3)C2)cs1. The van der Waals surface area contributed by atoms with Crippen LogP contribution in [-0.2, 0) is 17.7 Å². The fourth-order valence-electron chi connectivity index (χ4n) is 4.60. The molecule has 0 saturated carbocycles. The van der Waals surface area contributed by atoms with Gasteiger partial charge in [-0.2, -0.15) is 5.11 Å². The van der Waals surface area contributed by atoms with Gasteiger partial charge in [-0.1, -0.05) is 26.0 Å². The zero-order valence-corrected chi connectivity index (χ0v) is 20.2. The summed E-state index contributed by atoms with van der Waals surface area (Å²) in [5, 5.41) is 6.21. The number of aromatic nitrogens is 1. The van der Waals surface area contributed by atoms with E-state index in [1.54, 1.807) is 11.3 Å². The van der Waals surface area contributed by atoms with Gasteiger partial charge in [0.1, 0.15) is 11.5 Å². The van der Waals surface area contributed by atoms with Crippen LogP contribution in [0, 0.1) is 11.3 Å². The molecule has 2 aliphatic heterocycles. The lowest BCUT2D eigenvalue weighted by atomic mass is 9.89. The van der Waals surface area contributed by atoms with Crippen LogP contribution in [0.4, 0.5) is 4.39 Å². The van der Waals surface area contributed by atoms with Gasteiger partial charge in [0.2, 0.25) is 0 Å². The summed E-state index contributed by atoms with van der Waals surface area (Å²) < 4.78 is 20.2. The first-order valence-corrected chi connectivity index (χ1v) is 12.5. The summed E-state index contributed by atoms with van der Waals surface area (Å²) in [6.07, 6.45) is 2.16. The molecule has 0 atom stereocenters. The smallest absolute Gasteiger partial charge is 0.273 e. The Bertz CT molecular complexity index is 987. The molecule has 1 aromatic carbocycles. The minimum Gasteiger partial charge on any atom is -0.371 e. The molecule has 0 aliphatic carbocycles. The number of carbonyl (C=O) groups is 1. The van der Waals surface area contributed by atoms with E-state index in [-0.39, 0.29) is 17.3 Å². The van der Waals surface area contributed by atoms with Gasteiger partial charge in [0.15, 0.2) is 0 Å². The molecule has 2 aliphatic rings. The highest BCUT2D eigenvalue weighted by molar-refractivity contribution is 7.09. The van der Waals surface area contributed by atoms with Gasteiger partial charge in [-0.15, -0.1) is 11.3 Å². The van der Waals surface area contributed by atoms with E-state index in [1.807, 2.05) is 22.4 Å². The monoisotopic (exact) mass is 473 g/mol. The van der Waals surface area contributed by atoms with Crippen molar-refractivity contribution in [1.29, 1.82) is 5.53 Å². The lowest BCUT2D eigenvalue weighted by Gasteiger charge is -2.47. The Labute approximate surface area is 198 Å². The number of hydrogen-bond acceptors (Lipinski definition) is 7. The number of nitrogens with one attached hydrogen (secondary N) is 1. The molecule has 1 N–H and O–H groups in total. The van der Waals surface area contributed by atoms with Crippen molar-refractivity contribution < 1.29 is 13.9 Å². The molecule has 178 valence electrons. The number of morpholine rings is 1. The van der Waals surface area contributed by atoms with Gasteiger partial charge in [0, 0.05) is 37.5 Å². The second-order valence-electron chi connectivity index (χ2n) is 9.32. The Morgan fingerprint density at radius 2 is 2.12 bits per heavy atom. The van der Waals surface area contributed by atoms with E-state index in [9.17, 15) is 9.18 Å². The fraction of sp³-hybridized carbons (Fsp3) is 0.583. The van der Waals surface area contributed by atoms with Crippen molar-refractivity contribution in [3.05, 3.63) is 51.2 Å². The van der Waals surface area contributed by atoms with E-state index in [0.717, 1.165) is 43.0 Å². The molecule has 7 nitrogen and oxygen atoms in total. The molecule has 0 radical (unpaired) electrons. The predicted molar refractivity (Wildman–Crippen MR) is 125 cm³/mol. The van der Waals surface area contributed by atoms with Crippen LogP contribution in [0.25, 0.3) is 0 Å². The van der Waals surface area contributed by atoms with Crippen LogP contribution in [0.2, 0.25) is 0 Å². The number of likely N-dealkylation sites (tertiary alicyclic amines) is 1. The van der Waals surface area contributed by atoms with Crippen molar-refractivity contribution in [2.75, 3.05) is 39.3 Å². The molecular formula is C24H32FN5O2S. The van der Waals surface area contributed by atoms with E-state index in [2.05, 4.69) is 28.8 Å². The standard InChI is InChI=1S/C24H32FN5O2S/c1-17(2)22-28-21(15-33-22)23(31)30-11-12-32-24(16-30)6-9-29(10-7-24)14-18-3-4-20(25)19(13-18)5-8-27-26/h3-4,13,15,17,26H,5-12,14,16H2,1-2H3. The lowest BCUT2D eigenvalue weighted by Crippen LogP contribution is -2.58. The molecule has 9 heteroatoms. The van der Waals surface area contributed by atoms with E-state index >= 15 is 0 Å². The molecule has 3 heterocycles. The molecule has 0 unspecified atom stereocenters. The number of nitrogens with zero attached hydrogens (tertiary/aromatic N) is 4. The number of rotatable bonds is 7. The maximum absolute atomic E-state index is 14.0. The summed E-state index contributed by atoms with van der Waals surface area (Å²) >= 11 is 1.55. The van der Waals surface area contributed by atoms with Gasteiger partial charge in [-0.25, -0.2) is 14.9 Å². The Kier molecular flexibility index (Phi) is 7.51. The van der Waals surface area contributed by atoms with Crippen LogP contribution in [-0.4, -0.2) is 65.6 Å². The molecule has 1 amide bonds. The summed E-state index contributed by atoms with van der Waals surface area (Å²) in [6.45, 7) is 8.72. The number of benzene rings is 1. The summed E-state index contributed by atoms with van der Waals surface area (Å²) in [5.41, 5.74) is 8.87. The Morgan fingerprint density at radius 1 is 1.33 bits per heavy atom. The van der Waals surface area contributed by atoms with Crippen molar-refractivity contribution >= 4 is 17.2 Å². The minimum absolute atomic E-state index is 0.00140. The second-order valence-corrected chi connectivity index (χ2v) is 10.2. The second kappa shape index (κ2) is 10.4. The third-order valence-electron chi connectivity index (χ3n) is 6.55. The van der Waals surface area contributed by atoms with Gasteiger partial charge in [0.05, 0.1) is 30.3 Å². The van der Waals surface area contributed by atoms with Gasteiger partial charge >= 0.3 is 0 Å². The lowest BCUT2D eigenvalue weighted by molar-refractivity contribution is -0.128. The first-order chi connectivity index (χ1) is 15.9. The average molecular weight is 474 g/mol. The highest BCUT2D eigenvalue weighted by Crippen LogP contribution is 2.32. The van der Waals surface area contributed by atoms with E-state index in [0.29, 0.717) is 49.8 Å². The first kappa shape index (κ1) is 23.9. The fourth-order valence-corrected chi connectivity index (χ4v) is 5.41. The van der Waals surface area contributed by atoms with Gasteiger partial charge in [-0.3, -0.25) is 9.69 Å². The largest absolute Gasteiger partial charge is 0.371 e. The molecule has 2 fully saturated rings. The Balaban J connectivity index is 1.34. The minimum atomic E-state index is -0.301. The molecule has 1 spiro atoms. The normalized spacial score (nSPS) is 18.7. The average Bonchev–Trinajstić information content (AvgIpc) is 3.31. The third-order valence-corrected chi connectivity index (χ3v) is 7.69. The maximum atomic E-state index is 14.0. The summed E-state index contributed by atoms with van der Waals surface area (Å²) in [7, 11) is 0. The number of amides is 1. The number of ether oxygens (including phenoxy) is 1. The number of thiazole rings is 1. The molecular weight excluding hydrogens is 441 g/mol. The number of halogens is 1. The quantitative estimate of drug-likeness (QED) is 0.601. The maximum Gasteiger partial charge on any atom is 0.273 e. The molecule has 2 saturated heterocycles. The van der Waals surface area contributed by atoms with Crippen molar-refractivity contribution in [2.45, 2.75) is 51.2 Å². The topological polar surface area (TPSA) is 81.9 Å². The van der Waals surface area contributed by atoms with E-state index in [4.69, 9.17) is 10.3 Å². The summed E-state index contributed by atoms with van der Waals surface area (Å²) in [5.74, 6) is 0.0873. The Morgan fingerprint density at radius 3 is 2.82 bits per heavy atom. The van der Waals surface area contributed by atoms with Gasteiger partial charge < -0.3 is 9.64 Å². The van der Waals surface area contributed by atoms with E-state index in [1.165, 1.54) is 6.07 Å². The van der Waals surface area contributed by atoms with Crippen LogP contribution in [0.15, 0.2) is 28.7 Å². The van der Waals surface area contributed by atoms with Crippen LogP contribution in [0.1, 0.15) is 59.2 Å². The third kappa shape index (κ3) is 5.65. The van der Waals surface area contributed by atoms with Crippen molar-refractivity contribution in [3.63, 3.8) is 0 Å². The highest BCUT2D eigenvalue weighted by Gasteiger charge is 2.41. The van der Waals surface area contributed by atoms with Crippen molar-refractivity contribution in [3.8, 4) is 0 Å². The van der Waals surface area contributed by atoms with Crippen LogP contribution < -0.4 is 0 Å². The van der Waals surface area contributed by atoms with Crippen LogP contribution >= 0.6 is 11.3 Å². The Hall–Kier alpha value is -2.23. The number of hydrogen-bond donors (Lipinski definition) is 1. The van der Waals surface area contributed by atoms with Crippen LogP contribution in [0.3, 0.4) is 0 Å². The summed E-state index contributed by atoms with van der Waals surface area (Å²) in [4.78, 5) is 21.9. The highest BCUT2D eigenvalue weighted by atomic mass is 32.1. The van der Waals surface area contributed by atoms with Gasteiger partial charge in [-0.05, 0) is 36.5 Å². The van der Waals surface area contributed by atoms with E-state index < -0.39 is 0 Å². The zero-order valence-electron chi connectivity index (χ0n) is 19.3. The summed E-state index contributed by atoms with van der Waals surface area (Å²) in [6, 6.07) is 5.23. The molecule has 2 aromatic rings. The van der Waals surface area contributed by atoms with Crippen LogP contribution in [0.5, 0.6) is 0 Å². The molecule has 4 rings (SSSR count). The van der Waals surface area contributed by atoms with Crippen molar-refractivity contribution in [2.24, 2.45) is 5.11 Å². The number of carbonyl (C=O) groups excluding carboxylic acids is 1. The predicted octanol–water partition coefficient (Wildman–Crippen LogP) is 4.49. The van der Waals surface area contributed by atoms with Gasteiger partial charge in [0.25, 0.3) is 5.91 Å². The first-order valence-electron chi connectivity index (χ1n) is 11.6.